The Labute approximate surface area is 220 Å². The number of amides is 2. The molecule has 4 rings (SSSR count). The number of ether oxygens (including phenoxy) is 1. The molecule has 0 radical (unpaired) electrons. The lowest BCUT2D eigenvalue weighted by Gasteiger charge is -2.27. The highest BCUT2D eigenvalue weighted by molar-refractivity contribution is 5.91. The number of carbonyl (C=O) groups excluding carboxylic acids is 1. The maximum absolute atomic E-state index is 13.7. The van der Waals surface area contributed by atoms with Crippen molar-refractivity contribution in [3.8, 4) is 5.75 Å². The number of anilines is 1. The van der Waals surface area contributed by atoms with Gasteiger partial charge in [0.2, 0.25) is 0 Å². The lowest BCUT2D eigenvalue weighted by molar-refractivity contribution is 0.207. The number of para-hydroxylation sites is 1. The number of hydrogen-bond acceptors (Lipinski definition) is 2. The maximum atomic E-state index is 13.7. The van der Waals surface area contributed by atoms with E-state index in [1.165, 1.54) is 11.1 Å². The number of urea groups is 1. The number of aryl methyl sites for hydroxylation is 2. The molecule has 0 aromatic heterocycles. The van der Waals surface area contributed by atoms with E-state index >= 15 is 0 Å². The summed E-state index contributed by atoms with van der Waals surface area (Å²) in [5.41, 5.74) is 6.57. The molecule has 1 N–H and O–H groups in total. The van der Waals surface area contributed by atoms with Gasteiger partial charge in [0, 0.05) is 24.7 Å². The second kappa shape index (κ2) is 12.8. The largest absolute Gasteiger partial charge is 0.494 e. The van der Waals surface area contributed by atoms with Crippen LogP contribution in [0.5, 0.6) is 5.75 Å². The van der Waals surface area contributed by atoms with E-state index in [0.717, 1.165) is 34.5 Å². The van der Waals surface area contributed by atoms with Gasteiger partial charge in [-0.25, -0.2) is 4.79 Å². The van der Waals surface area contributed by atoms with Crippen LogP contribution in [0.4, 0.5) is 10.5 Å². The van der Waals surface area contributed by atoms with Crippen molar-refractivity contribution in [1.82, 2.24) is 4.90 Å². The standard InChI is InChI=1S/C33H36N2O2/c1-4-37-30-20-18-27(19-21-30)24-35(33(36)34-32-25(2)12-11-13-26(32)3)23-22-31(28-14-7-5-8-15-28)29-16-9-6-10-17-29/h5-21,31H,4,22-24H2,1-3H3,(H,34,36). The second-order valence-corrected chi connectivity index (χ2v) is 9.36. The van der Waals surface area contributed by atoms with Crippen LogP contribution in [0.1, 0.15) is 47.1 Å². The summed E-state index contributed by atoms with van der Waals surface area (Å²) in [6.45, 7) is 7.78. The minimum absolute atomic E-state index is 0.0915. The van der Waals surface area contributed by atoms with Crippen LogP contribution in [0, 0.1) is 13.8 Å². The third kappa shape index (κ3) is 7.01. The quantitative estimate of drug-likeness (QED) is 0.244. The SMILES string of the molecule is CCOc1ccc(CN(CCC(c2ccccc2)c2ccccc2)C(=O)Nc2c(C)cccc2C)cc1. The Hall–Kier alpha value is -4.05. The zero-order valence-corrected chi connectivity index (χ0v) is 22.0. The van der Waals surface area contributed by atoms with Crippen LogP contribution < -0.4 is 10.1 Å². The summed E-state index contributed by atoms with van der Waals surface area (Å²) < 4.78 is 5.60. The van der Waals surface area contributed by atoms with Gasteiger partial charge in [-0.1, -0.05) is 91.0 Å². The monoisotopic (exact) mass is 492 g/mol. The van der Waals surface area contributed by atoms with Crippen molar-refractivity contribution in [2.75, 3.05) is 18.5 Å². The molecule has 0 heterocycles. The van der Waals surface area contributed by atoms with Crippen LogP contribution in [0.25, 0.3) is 0 Å². The molecule has 4 aromatic rings. The third-order valence-electron chi connectivity index (χ3n) is 6.70. The van der Waals surface area contributed by atoms with Crippen molar-refractivity contribution >= 4 is 11.7 Å². The van der Waals surface area contributed by atoms with Gasteiger partial charge in [0.25, 0.3) is 0 Å². The average molecular weight is 493 g/mol. The van der Waals surface area contributed by atoms with E-state index in [1.54, 1.807) is 0 Å². The number of benzene rings is 4. The summed E-state index contributed by atoms with van der Waals surface area (Å²) in [6.07, 6.45) is 0.811. The molecule has 37 heavy (non-hydrogen) atoms. The first-order chi connectivity index (χ1) is 18.0. The smallest absolute Gasteiger partial charge is 0.322 e. The van der Waals surface area contributed by atoms with Crippen LogP contribution in [0.3, 0.4) is 0 Å². The Morgan fingerprint density at radius 1 is 0.784 bits per heavy atom. The third-order valence-corrected chi connectivity index (χ3v) is 6.70. The first kappa shape index (κ1) is 26.0. The summed E-state index contributed by atoms with van der Waals surface area (Å²) in [5, 5.41) is 3.20. The molecule has 0 saturated carbocycles. The van der Waals surface area contributed by atoms with E-state index in [0.29, 0.717) is 19.7 Å². The molecule has 0 aliphatic rings. The number of hydrogen-bond donors (Lipinski definition) is 1. The predicted molar refractivity (Wildman–Crippen MR) is 152 cm³/mol. The van der Waals surface area contributed by atoms with Crippen LogP contribution in [0.15, 0.2) is 103 Å². The van der Waals surface area contributed by atoms with E-state index in [2.05, 4.69) is 53.8 Å². The normalized spacial score (nSPS) is 10.8. The van der Waals surface area contributed by atoms with Gasteiger partial charge in [0.1, 0.15) is 5.75 Å². The summed E-state index contributed by atoms with van der Waals surface area (Å²) in [7, 11) is 0. The van der Waals surface area contributed by atoms with Gasteiger partial charge in [-0.2, -0.15) is 0 Å². The molecular weight excluding hydrogens is 456 g/mol. The molecule has 4 aromatic carbocycles. The first-order valence-electron chi connectivity index (χ1n) is 13.0. The Balaban J connectivity index is 1.58. The molecule has 4 heteroatoms. The Morgan fingerprint density at radius 3 is 1.89 bits per heavy atom. The van der Waals surface area contributed by atoms with Gasteiger partial charge in [-0.05, 0) is 67.1 Å². The average Bonchev–Trinajstić information content (AvgIpc) is 2.92. The van der Waals surface area contributed by atoms with Gasteiger partial charge in [0.15, 0.2) is 0 Å². The van der Waals surface area contributed by atoms with E-state index in [-0.39, 0.29) is 11.9 Å². The summed E-state index contributed by atoms with van der Waals surface area (Å²) in [6, 6.07) is 35.1. The van der Waals surface area contributed by atoms with Gasteiger partial charge < -0.3 is 15.0 Å². The molecular formula is C33H36N2O2. The van der Waals surface area contributed by atoms with Crippen LogP contribution in [-0.4, -0.2) is 24.1 Å². The van der Waals surface area contributed by atoms with Crippen molar-refractivity contribution in [1.29, 1.82) is 0 Å². The number of carbonyl (C=O) groups is 1. The second-order valence-electron chi connectivity index (χ2n) is 9.36. The highest BCUT2D eigenvalue weighted by atomic mass is 16.5. The fraction of sp³-hybridized carbons (Fsp3) is 0.242. The molecule has 0 unspecified atom stereocenters. The first-order valence-corrected chi connectivity index (χ1v) is 13.0. The lowest BCUT2D eigenvalue weighted by atomic mass is 9.88. The molecule has 0 fully saturated rings. The fourth-order valence-corrected chi connectivity index (χ4v) is 4.71. The van der Waals surface area contributed by atoms with Crippen molar-refractivity contribution in [2.45, 2.75) is 39.7 Å². The molecule has 0 saturated heterocycles. The molecule has 0 spiro atoms. The van der Waals surface area contributed by atoms with E-state index in [1.807, 2.05) is 80.3 Å². The van der Waals surface area contributed by atoms with Gasteiger partial charge in [0.05, 0.1) is 6.61 Å². The highest BCUT2D eigenvalue weighted by Gasteiger charge is 2.20. The van der Waals surface area contributed by atoms with Crippen LogP contribution in [0.2, 0.25) is 0 Å². The molecule has 0 aliphatic heterocycles. The minimum atomic E-state index is -0.0915. The van der Waals surface area contributed by atoms with Crippen LogP contribution in [-0.2, 0) is 6.54 Å². The Kier molecular flexibility index (Phi) is 8.98. The molecule has 190 valence electrons. The number of rotatable bonds is 10. The zero-order chi connectivity index (χ0) is 26.0. The molecule has 0 aliphatic carbocycles. The molecule has 0 atom stereocenters. The van der Waals surface area contributed by atoms with Gasteiger partial charge in [-0.3, -0.25) is 0 Å². The van der Waals surface area contributed by atoms with Crippen LogP contribution >= 0.6 is 0 Å². The Bertz CT molecular complexity index is 1210. The summed E-state index contributed by atoms with van der Waals surface area (Å²) in [5.74, 6) is 1.03. The lowest BCUT2D eigenvalue weighted by Crippen LogP contribution is -2.36. The molecule has 0 bridgehead atoms. The van der Waals surface area contributed by atoms with E-state index < -0.39 is 0 Å². The highest BCUT2D eigenvalue weighted by Crippen LogP contribution is 2.29. The fourth-order valence-electron chi connectivity index (χ4n) is 4.71. The van der Waals surface area contributed by atoms with E-state index in [9.17, 15) is 4.79 Å². The number of nitrogens with one attached hydrogen (secondary N) is 1. The summed E-state index contributed by atoms with van der Waals surface area (Å²) in [4.78, 5) is 15.6. The van der Waals surface area contributed by atoms with Crippen molar-refractivity contribution in [3.05, 3.63) is 131 Å². The van der Waals surface area contributed by atoms with Gasteiger partial charge in [-0.15, -0.1) is 0 Å². The van der Waals surface area contributed by atoms with Gasteiger partial charge >= 0.3 is 6.03 Å². The topological polar surface area (TPSA) is 41.6 Å². The molecule has 4 nitrogen and oxygen atoms in total. The summed E-state index contributed by atoms with van der Waals surface area (Å²) >= 11 is 0. The van der Waals surface area contributed by atoms with Crippen molar-refractivity contribution < 1.29 is 9.53 Å². The number of nitrogens with zero attached hydrogens (tertiary/aromatic N) is 1. The minimum Gasteiger partial charge on any atom is -0.494 e. The molecule has 2 amide bonds. The zero-order valence-electron chi connectivity index (χ0n) is 22.0. The van der Waals surface area contributed by atoms with E-state index in [4.69, 9.17) is 4.74 Å². The maximum Gasteiger partial charge on any atom is 0.322 e. The Morgan fingerprint density at radius 2 is 1.35 bits per heavy atom. The van der Waals surface area contributed by atoms with Crippen molar-refractivity contribution in [3.63, 3.8) is 0 Å². The van der Waals surface area contributed by atoms with Crippen molar-refractivity contribution in [2.24, 2.45) is 0 Å². The predicted octanol–water partition coefficient (Wildman–Crippen LogP) is 7.96.